The summed E-state index contributed by atoms with van der Waals surface area (Å²) in [5, 5.41) is 0. The van der Waals surface area contributed by atoms with Crippen LogP contribution in [0.15, 0.2) is 48.5 Å². The van der Waals surface area contributed by atoms with Gasteiger partial charge in [0.1, 0.15) is 5.75 Å². The van der Waals surface area contributed by atoms with Crippen LogP contribution < -0.4 is 4.74 Å². The Morgan fingerprint density at radius 3 is 2.12 bits per heavy atom. The molecule has 0 bridgehead atoms. The summed E-state index contributed by atoms with van der Waals surface area (Å²) in [6.07, 6.45) is 9.20. The fraction of sp³-hybridized carbons (Fsp3) is 0.435. The van der Waals surface area contributed by atoms with Crippen LogP contribution in [0.2, 0.25) is 0 Å². The number of hydrogen-bond donors (Lipinski definition) is 0. The third-order valence-corrected chi connectivity index (χ3v) is 4.48. The van der Waals surface area contributed by atoms with Crippen LogP contribution in [-0.2, 0) is 12.8 Å². The highest BCUT2D eigenvalue weighted by Gasteiger charge is 2.11. The van der Waals surface area contributed by atoms with E-state index in [1.165, 1.54) is 37.7 Å². The summed E-state index contributed by atoms with van der Waals surface area (Å²) in [6.45, 7) is 4.40. The first kappa shape index (κ1) is 19.2. The Morgan fingerprint density at radius 1 is 0.800 bits per heavy atom. The second kappa shape index (κ2) is 10.7. The van der Waals surface area contributed by atoms with Crippen LogP contribution in [-0.4, -0.2) is 5.97 Å². The number of benzene rings is 2. The van der Waals surface area contributed by atoms with E-state index in [0.29, 0.717) is 11.3 Å². The van der Waals surface area contributed by atoms with E-state index in [0.717, 1.165) is 24.8 Å². The van der Waals surface area contributed by atoms with Gasteiger partial charge in [-0.05, 0) is 55.0 Å². The van der Waals surface area contributed by atoms with E-state index in [1.54, 1.807) is 0 Å². The smallest absolute Gasteiger partial charge is 0.343 e. The number of ether oxygens (including phenoxy) is 1. The fourth-order valence-corrected chi connectivity index (χ4v) is 2.92. The van der Waals surface area contributed by atoms with Crippen LogP contribution in [0, 0.1) is 0 Å². The minimum atomic E-state index is -0.275. The van der Waals surface area contributed by atoms with Gasteiger partial charge in [-0.15, -0.1) is 0 Å². The first-order valence-corrected chi connectivity index (χ1v) is 9.63. The molecule has 0 aliphatic carbocycles. The largest absolute Gasteiger partial charge is 0.423 e. The second-order valence-corrected chi connectivity index (χ2v) is 6.61. The standard InChI is InChI=1S/C23H30O2/c1-3-5-7-11-19-15-17-21(18-16-19)23(24)25-22-14-10-9-13-20(22)12-8-6-4-2/h9-10,13-18H,3-8,11-12H2,1-2H3. The average Bonchev–Trinajstić information content (AvgIpc) is 2.64. The van der Waals surface area contributed by atoms with Gasteiger partial charge in [0.15, 0.2) is 0 Å². The van der Waals surface area contributed by atoms with Gasteiger partial charge >= 0.3 is 5.97 Å². The zero-order valence-corrected chi connectivity index (χ0v) is 15.6. The van der Waals surface area contributed by atoms with Gasteiger partial charge in [-0.3, -0.25) is 0 Å². The van der Waals surface area contributed by atoms with Gasteiger partial charge < -0.3 is 4.74 Å². The molecule has 0 amide bonds. The van der Waals surface area contributed by atoms with Crippen molar-refractivity contribution in [2.24, 2.45) is 0 Å². The van der Waals surface area contributed by atoms with Gasteiger partial charge in [-0.1, -0.05) is 69.9 Å². The predicted octanol–water partition coefficient (Wildman–Crippen LogP) is 6.37. The molecule has 0 heterocycles. The number of unbranched alkanes of at least 4 members (excludes halogenated alkanes) is 4. The molecule has 2 aromatic rings. The number of rotatable bonds is 10. The molecule has 0 aromatic heterocycles. The van der Waals surface area contributed by atoms with E-state index in [4.69, 9.17) is 4.74 Å². The first-order chi connectivity index (χ1) is 12.2. The normalized spacial score (nSPS) is 10.6. The average molecular weight is 338 g/mol. The lowest BCUT2D eigenvalue weighted by Crippen LogP contribution is -2.10. The monoisotopic (exact) mass is 338 g/mol. The Labute approximate surface area is 152 Å². The Balaban J connectivity index is 1.97. The highest BCUT2D eigenvalue weighted by molar-refractivity contribution is 5.91. The van der Waals surface area contributed by atoms with E-state index >= 15 is 0 Å². The molecule has 134 valence electrons. The molecule has 2 rings (SSSR count). The molecule has 0 fully saturated rings. The van der Waals surface area contributed by atoms with Crippen LogP contribution in [0.1, 0.15) is 73.9 Å². The summed E-state index contributed by atoms with van der Waals surface area (Å²) in [4.78, 5) is 12.4. The topological polar surface area (TPSA) is 26.3 Å². The van der Waals surface area contributed by atoms with Crippen molar-refractivity contribution < 1.29 is 9.53 Å². The van der Waals surface area contributed by atoms with E-state index in [-0.39, 0.29) is 5.97 Å². The van der Waals surface area contributed by atoms with Gasteiger partial charge in [-0.25, -0.2) is 4.79 Å². The maximum absolute atomic E-state index is 12.4. The Kier molecular flexibility index (Phi) is 8.24. The van der Waals surface area contributed by atoms with E-state index < -0.39 is 0 Å². The maximum Gasteiger partial charge on any atom is 0.343 e. The summed E-state index contributed by atoms with van der Waals surface area (Å²) in [5.74, 6) is 0.415. The first-order valence-electron chi connectivity index (χ1n) is 9.63. The van der Waals surface area contributed by atoms with Crippen LogP contribution in [0.3, 0.4) is 0 Å². The summed E-state index contributed by atoms with van der Waals surface area (Å²) in [6, 6.07) is 15.7. The summed E-state index contributed by atoms with van der Waals surface area (Å²) >= 11 is 0. The molecular weight excluding hydrogens is 308 g/mol. The molecule has 0 aliphatic rings. The van der Waals surface area contributed by atoms with E-state index in [9.17, 15) is 4.79 Å². The van der Waals surface area contributed by atoms with Crippen molar-refractivity contribution in [3.63, 3.8) is 0 Å². The molecule has 2 heteroatoms. The van der Waals surface area contributed by atoms with Crippen molar-refractivity contribution in [3.8, 4) is 5.75 Å². The number of esters is 1. The minimum absolute atomic E-state index is 0.275. The molecule has 2 aromatic carbocycles. The quantitative estimate of drug-likeness (QED) is 0.286. The van der Waals surface area contributed by atoms with Crippen molar-refractivity contribution >= 4 is 5.97 Å². The highest BCUT2D eigenvalue weighted by Crippen LogP contribution is 2.22. The van der Waals surface area contributed by atoms with Crippen molar-refractivity contribution in [2.45, 2.75) is 65.2 Å². The molecule has 0 spiro atoms. The number of para-hydroxylation sites is 1. The number of hydrogen-bond acceptors (Lipinski definition) is 2. The lowest BCUT2D eigenvalue weighted by molar-refractivity contribution is 0.0733. The molecule has 2 nitrogen and oxygen atoms in total. The van der Waals surface area contributed by atoms with Crippen molar-refractivity contribution in [1.29, 1.82) is 0 Å². The zero-order valence-electron chi connectivity index (χ0n) is 15.6. The summed E-state index contributed by atoms with van der Waals surface area (Å²) < 4.78 is 5.66. The van der Waals surface area contributed by atoms with E-state index in [1.807, 2.05) is 42.5 Å². The summed E-state index contributed by atoms with van der Waals surface area (Å²) in [7, 11) is 0. The zero-order chi connectivity index (χ0) is 17.9. The lowest BCUT2D eigenvalue weighted by atomic mass is 10.1. The molecule has 0 N–H and O–H groups in total. The SMILES string of the molecule is CCCCCc1ccc(C(=O)Oc2ccccc2CCCCC)cc1. The molecule has 0 aliphatic heterocycles. The van der Waals surface area contributed by atoms with Crippen molar-refractivity contribution in [1.82, 2.24) is 0 Å². The van der Waals surface area contributed by atoms with Gasteiger partial charge in [0.25, 0.3) is 0 Å². The maximum atomic E-state index is 12.4. The Hall–Kier alpha value is -2.09. The molecule has 0 unspecified atom stereocenters. The van der Waals surface area contributed by atoms with Gasteiger partial charge in [0.2, 0.25) is 0 Å². The van der Waals surface area contributed by atoms with E-state index in [2.05, 4.69) is 19.9 Å². The van der Waals surface area contributed by atoms with Crippen LogP contribution in [0.25, 0.3) is 0 Å². The lowest BCUT2D eigenvalue weighted by Gasteiger charge is -2.10. The number of aryl methyl sites for hydroxylation is 2. The van der Waals surface area contributed by atoms with Crippen LogP contribution >= 0.6 is 0 Å². The number of carbonyl (C=O) groups excluding carboxylic acids is 1. The number of carbonyl (C=O) groups is 1. The van der Waals surface area contributed by atoms with Gasteiger partial charge in [0.05, 0.1) is 5.56 Å². The third-order valence-electron chi connectivity index (χ3n) is 4.48. The van der Waals surface area contributed by atoms with Crippen LogP contribution in [0.4, 0.5) is 0 Å². The fourth-order valence-electron chi connectivity index (χ4n) is 2.92. The molecular formula is C23H30O2. The minimum Gasteiger partial charge on any atom is -0.423 e. The third kappa shape index (κ3) is 6.38. The predicted molar refractivity (Wildman–Crippen MR) is 104 cm³/mol. The highest BCUT2D eigenvalue weighted by atomic mass is 16.5. The Morgan fingerprint density at radius 2 is 1.44 bits per heavy atom. The summed E-state index contributed by atoms with van der Waals surface area (Å²) in [5.41, 5.74) is 3.01. The Bertz CT molecular complexity index is 643. The second-order valence-electron chi connectivity index (χ2n) is 6.61. The molecule has 0 radical (unpaired) electrons. The molecule has 0 saturated carbocycles. The molecule has 0 atom stereocenters. The van der Waals surface area contributed by atoms with Gasteiger partial charge in [-0.2, -0.15) is 0 Å². The van der Waals surface area contributed by atoms with Crippen molar-refractivity contribution in [3.05, 3.63) is 65.2 Å². The van der Waals surface area contributed by atoms with Gasteiger partial charge in [0, 0.05) is 0 Å². The molecule has 0 saturated heterocycles. The van der Waals surface area contributed by atoms with Crippen molar-refractivity contribution in [2.75, 3.05) is 0 Å². The van der Waals surface area contributed by atoms with Crippen LogP contribution in [0.5, 0.6) is 5.75 Å². The molecule has 25 heavy (non-hydrogen) atoms.